The lowest BCUT2D eigenvalue weighted by Gasteiger charge is -2.06. The molecule has 0 bridgehead atoms. The number of ether oxygens (including phenoxy) is 1. The van der Waals surface area contributed by atoms with E-state index in [0.29, 0.717) is 5.92 Å². The SMILES string of the molecule is COCC[NH2+]Cc1ccc(C(C)C)cc1. The van der Waals surface area contributed by atoms with Crippen molar-refractivity contribution in [1.29, 1.82) is 0 Å². The summed E-state index contributed by atoms with van der Waals surface area (Å²) in [4.78, 5) is 0. The molecule has 1 rings (SSSR count). The van der Waals surface area contributed by atoms with Crippen molar-refractivity contribution in [2.75, 3.05) is 20.3 Å². The monoisotopic (exact) mass is 208 g/mol. The maximum Gasteiger partial charge on any atom is 0.101 e. The first-order valence-electron chi connectivity index (χ1n) is 5.63. The van der Waals surface area contributed by atoms with Crippen LogP contribution in [0.4, 0.5) is 0 Å². The van der Waals surface area contributed by atoms with Gasteiger partial charge in [0.25, 0.3) is 0 Å². The van der Waals surface area contributed by atoms with Gasteiger partial charge in [0.2, 0.25) is 0 Å². The molecule has 0 aliphatic heterocycles. The Kier molecular flexibility index (Phi) is 5.37. The normalized spacial score (nSPS) is 10.9. The van der Waals surface area contributed by atoms with Gasteiger partial charge in [-0.25, -0.2) is 0 Å². The summed E-state index contributed by atoms with van der Waals surface area (Å²) < 4.78 is 5.00. The molecular formula is C13H22NO+. The lowest BCUT2D eigenvalue weighted by Crippen LogP contribution is -2.83. The molecule has 2 nitrogen and oxygen atoms in total. The lowest BCUT2D eigenvalue weighted by molar-refractivity contribution is -0.671. The molecule has 0 aliphatic rings. The number of hydrogen-bond acceptors (Lipinski definition) is 1. The third kappa shape index (κ3) is 4.45. The minimum Gasteiger partial charge on any atom is -0.379 e. The van der Waals surface area contributed by atoms with Crippen LogP contribution in [0.2, 0.25) is 0 Å². The van der Waals surface area contributed by atoms with Crippen LogP contribution in [0.3, 0.4) is 0 Å². The van der Waals surface area contributed by atoms with Gasteiger partial charge in [-0.1, -0.05) is 38.1 Å². The summed E-state index contributed by atoms with van der Waals surface area (Å²) in [6.07, 6.45) is 0. The van der Waals surface area contributed by atoms with Gasteiger partial charge >= 0.3 is 0 Å². The zero-order chi connectivity index (χ0) is 11.1. The summed E-state index contributed by atoms with van der Waals surface area (Å²) in [6, 6.07) is 8.89. The maximum absolute atomic E-state index is 5.00. The van der Waals surface area contributed by atoms with Crippen molar-refractivity contribution in [3.05, 3.63) is 35.4 Å². The van der Waals surface area contributed by atoms with E-state index in [0.717, 1.165) is 19.7 Å². The molecule has 84 valence electrons. The summed E-state index contributed by atoms with van der Waals surface area (Å²) >= 11 is 0. The fourth-order valence-corrected chi connectivity index (χ4v) is 1.51. The van der Waals surface area contributed by atoms with Crippen LogP contribution < -0.4 is 5.32 Å². The molecule has 0 atom stereocenters. The summed E-state index contributed by atoms with van der Waals surface area (Å²) in [5.41, 5.74) is 2.80. The van der Waals surface area contributed by atoms with Gasteiger partial charge in [-0.05, 0) is 11.5 Å². The Balaban J connectivity index is 2.36. The Morgan fingerprint density at radius 3 is 2.40 bits per heavy atom. The van der Waals surface area contributed by atoms with Crippen molar-refractivity contribution in [3.8, 4) is 0 Å². The van der Waals surface area contributed by atoms with Crippen molar-refractivity contribution in [1.82, 2.24) is 0 Å². The highest BCUT2D eigenvalue weighted by atomic mass is 16.5. The first-order valence-corrected chi connectivity index (χ1v) is 5.63. The molecule has 0 saturated carbocycles. The van der Waals surface area contributed by atoms with Crippen molar-refractivity contribution in [2.45, 2.75) is 26.3 Å². The van der Waals surface area contributed by atoms with E-state index >= 15 is 0 Å². The van der Waals surface area contributed by atoms with Crippen LogP contribution in [0, 0.1) is 0 Å². The van der Waals surface area contributed by atoms with E-state index in [-0.39, 0.29) is 0 Å². The van der Waals surface area contributed by atoms with Crippen LogP contribution in [0.15, 0.2) is 24.3 Å². The Bertz CT molecular complexity index is 266. The van der Waals surface area contributed by atoms with Crippen LogP contribution in [-0.4, -0.2) is 20.3 Å². The number of methoxy groups -OCH3 is 1. The second-order valence-corrected chi connectivity index (χ2v) is 4.17. The second kappa shape index (κ2) is 6.59. The Morgan fingerprint density at radius 1 is 1.20 bits per heavy atom. The highest BCUT2D eigenvalue weighted by molar-refractivity contribution is 5.23. The van der Waals surface area contributed by atoms with Gasteiger partial charge in [0, 0.05) is 12.7 Å². The zero-order valence-corrected chi connectivity index (χ0v) is 9.99. The van der Waals surface area contributed by atoms with E-state index in [2.05, 4.69) is 43.4 Å². The Labute approximate surface area is 92.6 Å². The first kappa shape index (κ1) is 12.2. The van der Waals surface area contributed by atoms with Gasteiger partial charge in [-0.2, -0.15) is 0 Å². The van der Waals surface area contributed by atoms with Crippen molar-refractivity contribution >= 4 is 0 Å². The minimum atomic E-state index is 0.622. The molecule has 0 unspecified atom stereocenters. The predicted molar refractivity (Wildman–Crippen MR) is 62.9 cm³/mol. The van der Waals surface area contributed by atoms with Gasteiger partial charge in [-0.15, -0.1) is 0 Å². The average Bonchev–Trinajstić information content (AvgIpc) is 2.25. The number of rotatable bonds is 6. The molecule has 0 aliphatic carbocycles. The zero-order valence-electron chi connectivity index (χ0n) is 9.99. The van der Waals surface area contributed by atoms with Gasteiger partial charge in [-0.3, -0.25) is 0 Å². The molecule has 0 amide bonds. The Hall–Kier alpha value is -0.860. The first-order chi connectivity index (χ1) is 7.24. The van der Waals surface area contributed by atoms with Crippen LogP contribution in [0.5, 0.6) is 0 Å². The maximum atomic E-state index is 5.00. The predicted octanol–water partition coefficient (Wildman–Crippen LogP) is 1.52. The largest absolute Gasteiger partial charge is 0.379 e. The molecular weight excluding hydrogens is 186 g/mol. The molecule has 1 aromatic carbocycles. The second-order valence-electron chi connectivity index (χ2n) is 4.17. The van der Waals surface area contributed by atoms with Gasteiger partial charge in [0.1, 0.15) is 6.54 Å². The fourth-order valence-electron chi connectivity index (χ4n) is 1.51. The third-order valence-corrected chi connectivity index (χ3v) is 2.55. The molecule has 2 heteroatoms. The molecule has 0 saturated heterocycles. The standard InChI is InChI=1S/C13H21NO/c1-11(2)13-6-4-12(5-7-13)10-14-8-9-15-3/h4-7,11,14H,8-10H2,1-3H3/p+1. The van der Waals surface area contributed by atoms with Gasteiger partial charge in [0.15, 0.2) is 0 Å². The molecule has 2 N–H and O–H groups in total. The number of nitrogens with two attached hydrogens (primary N) is 1. The summed E-state index contributed by atoms with van der Waals surface area (Å²) in [6.45, 7) is 7.34. The van der Waals surface area contributed by atoms with Gasteiger partial charge in [0.05, 0.1) is 13.2 Å². The van der Waals surface area contributed by atoms with E-state index in [4.69, 9.17) is 4.74 Å². The van der Waals surface area contributed by atoms with Crippen molar-refractivity contribution in [3.63, 3.8) is 0 Å². The third-order valence-electron chi connectivity index (χ3n) is 2.55. The number of hydrogen-bond donors (Lipinski definition) is 1. The van der Waals surface area contributed by atoms with E-state index in [1.165, 1.54) is 11.1 Å². The topological polar surface area (TPSA) is 25.8 Å². The van der Waals surface area contributed by atoms with Crippen LogP contribution in [0.25, 0.3) is 0 Å². The van der Waals surface area contributed by atoms with Crippen molar-refractivity contribution in [2.24, 2.45) is 0 Å². The van der Waals surface area contributed by atoms with Gasteiger partial charge < -0.3 is 10.1 Å². The smallest absolute Gasteiger partial charge is 0.101 e. The molecule has 0 radical (unpaired) electrons. The van der Waals surface area contributed by atoms with E-state index in [1.54, 1.807) is 7.11 Å². The molecule has 15 heavy (non-hydrogen) atoms. The molecule has 0 fully saturated rings. The highest BCUT2D eigenvalue weighted by Crippen LogP contribution is 2.13. The Morgan fingerprint density at radius 2 is 1.87 bits per heavy atom. The van der Waals surface area contributed by atoms with Crippen molar-refractivity contribution < 1.29 is 10.1 Å². The molecule has 1 aromatic rings. The summed E-state index contributed by atoms with van der Waals surface area (Å²) in [5, 5.41) is 2.27. The summed E-state index contributed by atoms with van der Waals surface area (Å²) in [7, 11) is 1.74. The molecule has 0 heterocycles. The number of benzene rings is 1. The van der Waals surface area contributed by atoms with Crippen LogP contribution in [0.1, 0.15) is 30.9 Å². The number of quaternary nitrogens is 1. The minimum absolute atomic E-state index is 0.622. The summed E-state index contributed by atoms with van der Waals surface area (Å²) in [5.74, 6) is 0.622. The van der Waals surface area contributed by atoms with E-state index in [9.17, 15) is 0 Å². The van der Waals surface area contributed by atoms with E-state index < -0.39 is 0 Å². The van der Waals surface area contributed by atoms with Crippen LogP contribution in [-0.2, 0) is 11.3 Å². The fraction of sp³-hybridized carbons (Fsp3) is 0.538. The molecule has 0 aromatic heterocycles. The highest BCUT2D eigenvalue weighted by Gasteiger charge is 1.99. The average molecular weight is 208 g/mol. The van der Waals surface area contributed by atoms with E-state index in [1.807, 2.05) is 0 Å². The van der Waals surface area contributed by atoms with Crippen LogP contribution >= 0.6 is 0 Å². The quantitative estimate of drug-likeness (QED) is 0.705. The lowest BCUT2D eigenvalue weighted by atomic mass is 10.0. The molecule has 0 spiro atoms.